The molecule has 0 aromatic heterocycles. The van der Waals surface area contributed by atoms with Gasteiger partial charge in [0.05, 0.1) is 21.3 Å². The van der Waals surface area contributed by atoms with Crippen molar-refractivity contribution in [1.82, 2.24) is 0 Å². The Labute approximate surface area is 135 Å². The largest absolute Gasteiger partial charge is 0.493 e. The third-order valence-electron chi connectivity index (χ3n) is 3.48. The van der Waals surface area contributed by atoms with E-state index in [0.717, 1.165) is 5.56 Å². The lowest BCUT2D eigenvalue weighted by Gasteiger charge is -2.17. The van der Waals surface area contributed by atoms with E-state index in [0.29, 0.717) is 11.5 Å². The number of methoxy groups -OCH3 is 3. The molecular formula is C18H20O5. The fourth-order valence-electron chi connectivity index (χ4n) is 2.28. The second-order valence-corrected chi connectivity index (χ2v) is 4.84. The molecule has 122 valence electrons. The van der Waals surface area contributed by atoms with Gasteiger partial charge >= 0.3 is 5.97 Å². The maximum atomic E-state index is 12.5. The van der Waals surface area contributed by atoms with E-state index in [4.69, 9.17) is 18.9 Å². The summed E-state index contributed by atoms with van der Waals surface area (Å²) in [6.45, 7) is 1.82. The quantitative estimate of drug-likeness (QED) is 0.762. The van der Waals surface area contributed by atoms with E-state index in [1.807, 2.05) is 37.3 Å². The number of rotatable bonds is 6. The zero-order valence-corrected chi connectivity index (χ0v) is 13.7. The average Bonchev–Trinajstić information content (AvgIpc) is 2.60. The molecule has 0 aliphatic rings. The smallest absolute Gasteiger partial charge is 0.342 e. The van der Waals surface area contributed by atoms with E-state index in [-0.39, 0.29) is 17.4 Å². The maximum absolute atomic E-state index is 12.5. The minimum absolute atomic E-state index is 0.285. The van der Waals surface area contributed by atoms with Crippen LogP contribution in [0, 0.1) is 0 Å². The Morgan fingerprint density at radius 2 is 1.52 bits per heavy atom. The standard InChI is InChI=1S/C18H20O5/c1-12(13-8-6-5-7-9-13)23-18(19)14-10-11-15(20-2)17(22-4)16(14)21-3/h5-12H,1-4H3. The van der Waals surface area contributed by atoms with Gasteiger partial charge in [0.15, 0.2) is 11.5 Å². The number of carbonyl (C=O) groups excluding carboxylic acids is 1. The summed E-state index contributed by atoms with van der Waals surface area (Å²) in [5, 5.41) is 0. The third-order valence-corrected chi connectivity index (χ3v) is 3.48. The molecule has 0 amide bonds. The summed E-state index contributed by atoms with van der Waals surface area (Å²) in [5.41, 5.74) is 1.20. The molecule has 0 aliphatic heterocycles. The molecule has 23 heavy (non-hydrogen) atoms. The summed E-state index contributed by atoms with van der Waals surface area (Å²) in [6.07, 6.45) is -0.374. The van der Waals surface area contributed by atoms with E-state index in [9.17, 15) is 4.79 Å². The second-order valence-electron chi connectivity index (χ2n) is 4.84. The normalized spacial score (nSPS) is 11.5. The van der Waals surface area contributed by atoms with Crippen LogP contribution < -0.4 is 14.2 Å². The molecule has 5 heteroatoms. The lowest BCUT2D eigenvalue weighted by molar-refractivity contribution is 0.0333. The van der Waals surface area contributed by atoms with Crippen LogP contribution in [0.4, 0.5) is 0 Å². The van der Waals surface area contributed by atoms with E-state index in [1.54, 1.807) is 12.1 Å². The summed E-state index contributed by atoms with van der Waals surface area (Å²) in [6, 6.07) is 12.8. The van der Waals surface area contributed by atoms with Gasteiger partial charge in [-0.1, -0.05) is 30.3 Å². The molecular weight excluding hydrogens is 296 g/mol. The summed E-state index contributed by atoms with van der Waals surface area (Å²) < 4.78 is 21.3. The Hall–Kier alpha value is -2.69. The number of hydrogen-bond donors (Lipinski definition) is 0. The molecule has 5 nitrogen and oxygen atoms in total. The minimum atomic E-state index is -0.487. The van der Waals surface area contributed by atoms with Crippen LogP contribution in [0.15, 0.2) is 42.5 Å². The van der Waals surface area contributed by atoms with Crippen molar-refractivity contribution in [3.8, 4) is 17.2 Å². The molecule has 0 radical (unpaired) electrons. The monoisotopic (exact) mass is 316 g/mol. The van der Waals surface area contributed by atoms with Gasteiger partial charge in [-0.3, -0.25) is 0 Å². The summed E-state index contributed by atoms with van der Waals surface area (Å²) in [7, 11) is 4.48. The Morgan fingerprint density at radius 3 is 2.09 bits per heavy atom. The van der Waals surface area contributed by atoms with Gasteiger partial charge in [0.1, 0.15) is 11.7 Å². The lowest BCUT2D eigenvalue weighted by Crippen LogP contribution is -2.11. The number of esters is 1. The Morgan fingerprint density at radius 1 is 0.870 bits per heavy atom. The molecule has 2 aromatic rings. The number of ether oxygens (including phenoxy) is 4. The first-order valence-electron chi connectivity index (χ1n) is 7.17. The van der Waals surface area contributed by atoms with Crippen molar-refractivity contribution in [2.45, 2.75) is 13.0 Å². The van der Waals surface area contributed by atoms with Gasteiger partial charge in [-0.25, -0.2) is 4.79 Å². The fourth-order valence-corrected chi connectivity index (χ4v) is 2.28. The summed E-state index contributed by atoms with van der Waals surface area (Å²) >= 11 is 0. The van der Waals surface area contributed by atoms with Crippen molar-refractivity contribution in [3.05, 3.63) is 53.6 Å². The van der Waals surface area contributed by atoms with Gasteiger partial charge in [0.2, 0.25) is 5.75 Å². The topological polar surface area (TPSA) is 54.0 Å². The van der Waals surface area contributed by atoms with Crippen molar-refractivity contribution in [3.63, 3.8) is 0 Å². The molecule has 1 unspecified atom stereocenters. The number of carbonyl (C=O) groups is 1. The van der Waals surface area contributed by atoms with Crippen LogP contribution in [-0.2, 0) is 4.74 Å². The predicted molar refractivity (Wildman–Crippen MR) is 86.4 cm³/mol. The van der Waals surface area contributed by atoms with Crippen LogP contribution in [0.2, 0.25) is 0 Å². The van der Waals surface area contributed by atoms with Crippen LogP contribution in [-0.4, -0.2) is 27.3 Å². The minimum Gasteiger partial charge on any atom is -0.493 e. The van der Waals surface area contributed by atoms with Crippen molar-refractivity contribution < 1.29 is 23.7 Å². The molecule has 0 fully saturated rings. The van der Waals surface area contributed by atoms with Crippen LogP contribution in [0.1, 0.15) is 28.9 Å². The first kappa shape index (κ1) is 16.7. The van der Waals surface area contributed by atoms with Crippen LogP contribution in [0.25, 0.3) is 0 Å². The summed E-state index contributed by atoms with van der Waals surface area (Å²) in [4.78, 5) is 12.5. The first-order chi connectivity index (χ1) is 11.1. The maximum Gasteiger partial charge on any atom is 0.342 e. The van der Waals surface area contributed by atoms with Crippen molar-refractivity contribution in [1.29, 1.82) is 0 Å². The molecule has 0 N–H and O–H groups in total. The van der Waals surface area contributed by atoms with Crippen molar-refractivity contribution in [2.24, 2.45) is 0 Å². The SMILES string of the molecule is COc1ccc(C(=O)OC(C)c2ccccc2)c(OC)c1OC. The molecule has 0 heterocycles. The lowest BCUT2D eigenvalue weighted by atomic mass is 10.1. The highest BCUT2D eigenvalue weighted by Gasteiger charge is 2.23. The Balaban J connectivity index is 2.29. The van der Waals surface area contributed by atoms with E-state index < -0.39 is 5.97 Å². The second kappa shape index (κ2) is 7.54. The van der Waals surface area contributed by atoms with Crippen molar-refractivity contribution in [2.75, 3.05) is 21.3 Å². The highest BCUT2D eigenvalue weighted by atomic mass is 16.6. The van der Waals surface area contributed by atoms with Crippen molar-refractivity contribution >= 4 is 5.97 Å². The van der Waals surface area contributed by atoms with Gasteiger partial charge in [0, 0.05) is 0 Å². The highest BCUT2D eigenvalue weighted by Crippen LogP contribution is 2.40. The molecule has 0 bridgehead atoms. The average molecular weight is 316 g/mol. The van der Waals surface area contributed by atoms with Gasteiger partial charge in [-0.2, -0.15) is 0 Å². The van der Waals surface area contributed by atoms with Crippen LogP contribution in [0.5, 0.6) is 17.2 Å². The molecule has 0 aliphatic carbocycles. The zero-order chi connectivity index (χ0) is 16.8. The van der Waals surface area contributed by atoms with E-state index in [2.05, 4.69) is 0 Å². The number of hydrogen-bond acceptors (Lipinski definition) is 5. The predicted octanol–water partition coefficient (Wildman–Crippen LogP) is 3.63. The van der Waals surface area contributed by atoms with Gasteiger partial charge < -0.3 is 18.9 Å². The van der Waals surface area contributed by atoms with E-state index in [1.165, 1.54) is 21.3 Å². The summed E-state index contributed by atoms with van der Waals surface area (Å²) in [5.74, 6) is 0.644. The van der Waals surface area contributed by atoms with E-state index >= 15 is 0 Å². The molecule has 2 aromatic carbocycles. The Kier molecular flexibility index (Phi) is 5.46. The molecule has 2 rings (SSSR count). The Bertz CT molecular complexity index is 667. The highest BCUT2D eigenvalue weighted by molar-refractivity contribution is 5.94. The zero-order valence-electron chi connectivity index (χ0n) is 13.7. The van der Waals surface area contributed by atoms with Gasteiger partial charge in [-0.05, 0) is 24.6 Å². The molecule has 0 saturated carbocycles. The first-order valence-corrected chi connectivity index (χ1v) is 7.17. The fraction of sp³-hybridized carbons (Fsp3) is 0.278. The third kappa shape index (κ3) is 3.56. The van der Waals surface area contributed by atoms with Crippen LogP contribution in [0.3, 0.4) is 0 Å². The molecule has 0 spiro atoms. The molecule has 0 saturated heterocycles. The van der Waals surface area contributed by atoms with Gasteiger partial charge in [0.25, 0.3) is 0 Å². The molecule has 1 atom stereocenters. The van der Waals surface area contributed by atoms with Crippen LogP contribution >= 0.6 is 0 Å². The number of benzene rings is 2. The van der Waals surface area contributed by atoms with Gasteiger partial charge in [-0.15, -0.1) is 0 Å².